The number of carbonyl (C=O) groups excluding carboxylic acids is 2. The second-order valence-corrected chi connectivity index (χ2v) is 8.87. The zero-order valence-electron chi connectivity index (χ0n) is 22.9. The second kappa shape index (κ2) is 10.7. The van der Waals surface area contributed by atoms with Crippen LogP contribution < -0.4 is 37.9 Å². The maximum Gasteiger partial charge on any atom is 0.312 e. The molecule has 0 aromatic heterocycles. The molecule has 2 heterocycles. The summed E-state index contributed by atoms with van der Waals surface area (Å²) in [6.07, 6.45) is 1.58. The van der Waals surface area contributed by atoms with Crippen LogP contribution in [0.5, 0.6) is 46.0 Å². The van der Waals surface area contributed by atoms with E-state index >= 15 is 0 Å². The van der Waals surface area contributed by atoms with Crippen LogP contribution in [0.4, 0.5) is 0 Å². The average molecular weight is 549 g/mol. The van der Waals surface area contributed by atoms with Crippen molar-refractivity contribution in [2.75, 3.05) is 42.7 Å². The minimum atomic E-state index is -0.552. The van der Waals surface area contributed by atoms with Gasteiger partial charge in [0.25, 0.3) is 0 Å². The fourth-order valence-corrected chi connectivity index (χ4v) is 5.15. The molecule has 0 fully saturated rings. The quantitative estimate of drug-likeness (QED) is 0.221. The number of hydrogen-bond acceptors (Lipinski definition) is 10. The molecular weight excluding hydrogens is 520 g/mol. The fraction of sp³-hybridized carbons (Fsp3) is 0.267. The van der Waals surface area contributed by atoms with Gasteiger partial charge < -0.3 is 37.9 Å². The Labute approximate surface area is 230 Å². The van der Waals surface area contributed by atoms with Gasteiger partial charge in [-0.25, -0.2) is 0 Å². The SMILES string of the molecule is COc1ccc(/C=C2\Oc3c(ccc4c3C(c3ccc(OC)c(OC)c3OC)CC(=O)O4)C2=O)c(OC)c1OC. The summed E-state index contributed by atoms with van der Waals surface area (Å²) in [5.74, 6) is 1.87. The molecular formula is C30H28O10. The van der Waals surface area contributed by atoms with Crippen molar-refractivity contribution in [2.24, 2.45) is 0 Å². The Morgan fingerprint density at radius 3 is 1.95 bits per heavy atom. The van der Waals surface area contributed by atoms with Gasteiger partial charge in [-0.1, -0.05) is 6.07 Å². The number of fused-ring (bicyclic) bond motifs is 3. The van der Waals surface area contributed by atoms with Crippen molar-refractivity contribution < 1.29 is 47.5 Å². The zero-order chi connectivity index (χ0) is 28.6. The third-order valence-corrected chi connectivity index (χ3v) is 6.91. The Hall–Kier alpha value is -4.86. The Kier molecular flexibility index (Phi) is 7.17. The highest BCUT2D eigenvalue weighted by Gasteiger charge is 2.40. The van der Waals surface area contributed by atoms with Crippen LogP contribution in [0.15, 0.2) is 42.2 Å². The van der Waals surface area contributed by atoms with E-state index in [2.05, 4.69) is 0 Å². The molecule has 2 aliphatic heterocycles. The lowest BCUT2D eigenvalue weighted by Crippen LogP contribution is -2.22. The molecule has 0 N–H and O–H groups in total. The molecule has 1 unspecified atom stereocenters. The molecule has 0 radical (unpaired) electrons. The van der Waals surface area contributed by atoms with E-state index in [1.165, 1.54) is 42.7 Å². The van der Waals surface area contributed by atoms with Crippen LogP contribution in [0.3, 0.4) is 0 Å². The van der Waals surface area contributed by atoms with E-state index in [0.29, 0.717) is 68.2 Å². The highest BCUT2D eigenvalue weighted by molar-refractivity contribution is 6.15. The summed E-state index contributed by atoms with van der Waals surface area (Å²) in [6.45, 7) is 0. The average Bonchev–Trinajstić information content (AvgIpc) is 3.29. The topological polar surface area (TPSA) is 108 Å². The number of allylic oxidation sites excluding steroid dienone is 1. The van der Waals surface area contributed by atoms with Gasteiger partial charge in [0.05, 0.1) is 54.6 Å². The molecule has 0 saturated heterocycles. The zero-order valence-corrected chi connectivity index (χ0v) is 22.9. The van der Waals surface area contributed by atoms with Crippen LogP contribution in [0.1, 0.15) is 39.4 Å². The molecule has 3 aromatic rings. The normalized spacial score (nSPS) is 16.4. The van der Waals surface area contributed by atoms with Gasteiger partial charge in [-0.15, -0.1) is 0 Å². The number of methoxy groups -OCH3 is 6. The summed E-state index contributed by atoms with van der Waals surface area (Å²) in [6, 6.07) is 10.2. The first-order valence-corrected chi connectivity index (χ1v) is 12.3. The van der Waals surface area contributed by atoms with E-state index in [0.717, 1.165) is 0 Å². The van der Waals surface area contributed by atoms with Crippen molar-refractivity contribution in [3.05, 3.63) is 64.4 Å². The number of benzene rings is 3. The Balaban J connectivity index is 1.64. The molecule has 2 aliphatic rings. The Morgan fingerprint density at radius 1 is 0.700 bits per heavy atom. The van der Waals surface area contributed by atoms with Crippen LogP contribution >= 0.6 is 0 Å². The van der Waals surface area contributed by atoms with Crippen molar-refractivity contribution >= 4 is 17.8 Å². The maximum absolute atomic E-state index is 13.5. The predicted octanol–water partition coefficient (Wildman–Crippen LogP) is 4.80. The molecule has 10 heteroatoms. The lowest BCUT2D eigenvalue weighted by Gasteiger charge is -2.28. The van der Waals surface area contributed by atoms with Gasteiger partial charge >= 0.3 is 5.97 Å². The number of ether oxygens (including phenoxy) is 8. The first kappa shape index (κ1) is 26.7. The second-order valence-electron chi connectivity index (χ2n) is 8.87. The number of Topliss-reactive ketones (excluding diaryl/α,β-unsaturated/α-hetero) is 1. The van der Waals surface area contributed by atoms with Crippen LogP contribution in [0.25, 0.3) is 6.08 Å². The fourth-order valence-electron chi connectivity index (χ4n) is 5.15. The molecule has 3 aromatic carbocycles. The lowest BCUT2D eigenvalue weighted by atomic mass is 9.84. The summed E-state index contributed by atoms with van der Waals surface area (Å²) < 4.78 is 44.9. The summed E-state index contributed by atoms with van der Waals surface area (Å²) >= 11 is 0. The number of esters is 1. The number of ketones is 1. The van der Waals surface area contributed by atoms with Crippen molar-refractivity contribution in [3.63, 3.8) is 0 Å². The molecule has 10 nitrogen and oxygen atoms in total. The third kappa shape index (κ3) is 4.21. The predicted molar refractivity (Wildman–Crippen MR) is 144 cm³/mol. The first-order chi connectivity index (χ1) is 19.4. The Bertz CT molecular complexity index is 1540. The highest BCUT2D eigenvalue weighted by Crippen LogP contribution is 2.53. The minimum absolute atomic E-state index is 0.00457. The third-order valence-electron chi connectivity index (χ3n) is 6.91. The van der Waals surface area contributed by atoms with Crippen LogP contribution in [0, 0.1) is 0 Å². The molecule has 0 spiro atoms. The number of carbonyl (C=O) groups is 2. The van der Waals surface area contributed by atoms with Crippen LogP contribution in [0.2, 0.25) is 0 Å². The van der Waals surface area contributed by atoms with Crippen LogP contribution in [-0.4, -0.2) is 54.4 Å². The monoisotopic (exact) mass is 548 g/mol. The first-order valence-electron chi connectivity index (χ1n) is 12.3. The number of hydrogen-bond donors (Lipinski definition) is 0. The lowest BCUT2D eigenvalue weighted by molar-refractivity contribution is -0.135. The number of rotatable bonds is 8. The molecule has 0 aliphatic carbocycles. The Morgan fingerprint density at radius 2 is 1.32 bits per heavy atom. The van der Waals surface area contributed by atoms with E-state index in [-0.39, 0.29) is 18.0 Å². The standard InChI is InChI=1S/C30H28O10/c1-33-20-10-7-15(26(35-3)29(20)37-5)13-22-25(32)17-9-11-19-24(27(17)40-22)18(14-23(31)39-19)16-8-12-21(34-2)30(38-6)28(16)36-4/h7-13,18H,14H2,1-6H3/b22-13-. The van der Waals surface area contributed by atoms with E-state index in [4.69, 9.17) is 37.9 Å². The molecule has 0 amide bonds. The minimum Gasteiger partial charge on any atom is -0.493 e. The smallest absolute Gasteiger partial charge is 0.312 e. The van der Waals surface area contributed by atoms with Gasteiger partial charge in [0, 0.05) is 22.6 Å². The van der Waals surface area contributed by atoms with Gasteiger partial charge in [0.1, 0.15) is 11.5 Å². The van der Waals surface area contributed by atoms with E-state index in [1.807, 2.05) is 0 Å². The summed E-state index contributed by atoms with van der Waals surface area (Å²) in [7, 11) is 9.06. The summed E-state index contributed by atoms with van der Waals surface area (Å²) in [5.41, 5.74) is 2.10. The van der Waals surface area contributed by atoms with Gasteiger partial charge in [0.2, 0.25) is 17.3 Å². The molecule has 5 rings (SSSR count). The van der Waals surface area contributed by atoms with Gasteiger partial charge in [-0.3, -0.25) is 9.59 Å². The summed E-state index contributed by atoms with van der Waals surface area (Å²) in [4.78, 5) is 26.2. The van der Waals surface area contributed by atoms with E-state index in [9.17, 15) is 9.59 Å². The molecule has 40 heavy (non-hydrogen) atoms. The molecule has 0 saturated carbocycles. The van der Waals surface area contributed by atoms with Crippen molar-refractivity contribution in [2.45, 2.75) is 12.3 Å². The van der Waals surface area contributed by atoms with Gasteiger partial charge in [-0.05, 0) is 36.4 Å². The van der Waals surface area contributed by atoms with Crippen molar-refractivity contribution in [3.8, 4) is 46.0 Å². The molecule has 208 valence electrons. The van der Waals surface area contributed by atoms with E-state index in [1.54, 1.807) is 42.5 Å². The van der Waals surface area contributed by atoms with Crippen molar-refractivity contribution in [1.29, 1.82) is 0 Å². The van der Waals surface area contributed by atoms with Crippen LogP contribution in [-0.2, 0) is 4.79 Å². The van der Waals surface area contributed by atoms with Gasteiger partial charge in [-0.2, -0.15) is 0 Å². The maximum atomic E-state index is 13.5. The summed E-state index contributed by atoms with van der Waals surface area (Å²) in [5, 5.41) is 0. The molecule has 1 atom stereocenters. The van der Waals surface area contributed by atoms with E-state index < -0.39 is 11.9 Å². The highest BCUT2D eigenvalue weighted by atomic mass is 16.5. The van der Waals surface area contributed by atoms with Crippen molar-refractivity contribution in [1.82, 2.24) is 0 Å². The van der Waals surface area contributed by atoms with Gasteiger partial charge in [0.15, 0.2) is 28.8 Å². The molecule has 0 bridgehead atoms. The largest absolute Gasteiger partial charge is 0.493 e.